The van der Waals surface area contributed by atoms with Gasteiger partial charge >= 0.3 is 0 Å². The van der Waals surface area contributed by atoms with Crippen molar-refractivity contribution in [2.75, 3.05) is 76.8 Å². The molecule has 4 atom stereocenters. The molecule has 75 heavy (non-hydrogen) atoms. The average Bonchev–Trinajstić information content (AvgIpc) is 3.36. The highest BCUT2D eigenvalue weighted by atomic mass is 79.9. The van der Waals surface area contributed by atoms with Gasteiger partial charge in [-0.25, -0.2) is 4.98 Å². The summed E-state index contributed by atoms with van der Waals surface area (Å²) in [4.78, 5) is 101. The summed E-state index contributed by atoms with van der Waals surface area (Å²) in [5.41, 5.74) is 6.75. The van der Waals surface area contributed by atoms with Crippen LogP contribution in [-0.2, 0) is 44.7 Å². The molecular weight excluding hydrogens is 1040 g/mol. The molecule has 3 aromatic rings. The molecule has 0 saturated heterocycles. The zero-order valence-corrected chi connectivity index (χ0v) is 44.6. The Labute approximate surface area is 445 Å². The third-order valence-electron chi connectivity index (χ3n) is 11.8. The fourth-order valence-electron chi connectivity index (χ4n) is 7.48. The van der Waals surface area contributed by atoms with Crippen LogP contribution in [0, 0.1) is 17.2 Å². The molecule has 1 aliphatic rings. The largest absolute Gasteiger partial charge is 0.492 e. The Kier molecular flexibility index (Phi) is 26.0. The number of carbonyl (C=O) groups excluding carboxylic acids is 7. The lowest BCUT2D eigenvalue weighted by Gasteiger charge is -2.29. The van der Waals surface area contributed by atoms with Crippen molar-refractivity contribution in [3.63, 3.8) is 0 Å². The van der Waals surface area contributed by atoms with Crippen LogP contribution in [0.25, 0.3) is 0 Å². The number of ether oxygens (including phenoxy) is 2. The second-order valence-corrected chi connectivity index (χ2v) is 19.1. The van der Waals surface area contributed by atoms with Gasteiger partial charge in [-0.1, -0.05) is 50.6 Å². The summed E-state index contributed by atoms with van der Waals surface area (Å²) in [7, 11) is 1.85. The second-order valence-electron chi connectivity index (χ2n) is 18.2. The fourth-order valence-corrected chi connectivity index (χ4v) is 7.81. The van der Waals surface area contributed by atoms with Gasteiger partial charge in [-0.3, -0.25) is 39.0 Å². The minimum absolute atomic E-state index is 0.0156. The van der Waals surface area contributed by atoms with Crippen molar-refractivity contribution in [1.82, 2.24) is 52.1 Å². The van der Waals surface area contributed by atoms with Crippen LogP contribution in [0.1, 0.15) is 64.9 Å². The Morgan fingerprint density at radius 2 is 1.52 bits per heavy atom. The maximum absolute atomic E-state index is 13.5. The molecule has 24 nitrogen and oxygen atoms in total. The van der Waals surface area contributed by atoms with E-state index in [1.54, 1.807) is 67.4 Å². The van der Waals surface area contributed by atoms with Gasteiger partial charge in [-0.15, -0.1) is 0 Å². The zero-order chi connectivity index (χ0) is 54.7. The Morgan fingerprint density at radius 3 is 2.17 bits per heavy atom. The van der Waals surface area contributed by atoms with Gasteiger partial charge in [0, 0.05) is 64.4 Å². The third-order valence-corrected chi connectivity index (χ3v) is 12.4. The van der Waals surface area contributed by atoms with E-state index in [9.17, 15) is 38.7 Å². The van der Waals surface area contributed by atoms with Gasteiger partial charge in [0.15, 0.2) is 5.96 Å². The van der Waals surface area contributed by atoms with Gasteiger partial charge in [0.1, 0.15) is 48.9 Å². The Balaban J connectivity index is 1.17. The predicted molar refractivity (Wildman–Crippen MR) is 284 cm³/mol. The van der Waals surface area contributed by atoms with E-state index in [1.165, 1.54) is 6.92 Å². The molecule has 2 aromatic carbocycles. The van der Waals surface area contributed by atoms with Gasteiger partial charge in [-0.05, 0) is 83.8 Å². The number of aliphatic hydroxyl groups excluding tert-OH is 1. The van der Waals surface area contributed by atoms with Gasteiger partial charge in [0.05, 0.1) is 24.2 Å². The molecule has 4 rings (SSSR count). The number of aliphatic hydroxyl groups is 1. The van der Waals surface area contributed by atoms with Crippen LogP contribution < -0.4 is 58.3 Å². The average molecular weight is 1110 g/mol. The minimum atomic E-state index is -1.51. The standard InChI is InChI=1S/C50H73BrN14O10/c1-31(2)42(63-45(70)38(59-32(3)67)15-9-20-57-49(52)53)47(72)62-40(29-66)46(71)61-39(27-33-11-6-5-7-12-33)44(69)56-22-25-74-30-41(68)54-23-26-75-36-18-16-35(17-19-36)60-50-58-28-37(51)43(64-50)55-21-10-24-65(4)48(73)34-13-8-14-34/h5-7,11-12,16-19,28,31,34,38-40,42,66H,8-10,13-15,20-27,29-30H2,1-4H3,(H,54,68)(H,56,69)(H,59,67)(H,61,71)(H,62,72)(H,63,70)(H4,52,53,57)(H2,55,58,60,64)/t38-,39-,40-,42-/m0/s1. The minimum Gasteiger partial charge on any atom is -0.492 e. The van der Waals surface area contributed by atoms with Crippen molar-refractivity contribution in [1.29, 1.82) is 5.41 Å². The van der Waals surface area contributed by atoms with Gasteiger partial charge in [0.2, 0.25) is 47.3 Å². The molecule has 0 unspecified atom stereocenters. The van der Waals surface area contributed by atoms with E-state index < -0.39 is 72.1 Å². The second kappa shape index (κ2) is 32.2. The zero-order valence-electron chi connectivity index (χ0n) is 43.0. The highest BCUT2D eigenvalue weighted by molar-refractivity contribution is 9.10. The maximum Gasteiger partial charge on any atom is 0.246 e. The third kappa shape index (κ3) is 22.1. The van der Waals surface area contributed by atoms with Crippen LogP contribution in [0.4, 0.5) is 17.5 Å². The Hall–Kier alpha value is -7.12. The summed E-state index contributed by atoms with van der Waals surface area (Å²) in [5.74, 6) is -2.53. The molecule has 7 amide bonds. The number of hydrogen-bond donors (Lipinski definition) is 12. The quantitative estimate of drug-likeness (QED) is 0.0228. The molecule has 1 heterocycles. The van der Waals surface area contributed by atoms with E-state index in [1.807, 2.05) is 19.2 Å². The fraction of sp³-hybridized carbons (Fsp3) is 0.520. The monoisotopic (exact) mass is 1110 g/mol. The van der Waals surface area contributed by atoms with Crippen molar-refractivity contribution < 1.29 is 48.1 Å². The number of carbonyl (C=O) groups is 7. The molecule has 410 valence electrons. The van der Waals surface area contributed by atoms with Crippen molar-refractivity contribution in [3.8, 4) is 5.75 Å². The normalized spacial score (nSPS) is 13.6. The molecule has 0 bridgehead atoms. The summed E-state index contributed by atoms with van der Waals surface area (Å²) in [5, 5.41) is 42.3. The van der Waals surface area contributed by atoms with Gasteiger partial charge in [-0.2, -0.15) is 4.98 Å². The molecule has 1 aromatic heterocycles. The lowest BCUT2D eigenvalue weighted by molar-refractivity contribution is -0.136. The summed E-state index contributed by atoms with van der Waals surface area (Å²) in [6.45, 7) is 5.31. The van der Waals surface area contributed by atoms with Crippen LogP contribution >= 0.6 is 15.9 Å². The first kappa shape index (κ1) is 60.4. The van der Waals surface area contributed by atoms with Crippen LogP contribution in [0.5, 0.6) is 5.75 Å². The van der Waals surface area contributed by atoms with E-state index in [-0.39, 0.29) is 70.1 Å². The Morgan fingerprint density at radius 1 is 0.827 bits per heavy atom. The number of amides is 7. The van der Waals surface area contributed by atoms with E-state index in [2.05, 4.69) is 73.7 Å². The topological polar surface area (TPSA) is 345 Å². The number of nitrogens with two attached hydrogens (primary N) is 1. The van der Waals surface area contributed by atoms with Gasteiger partial charge in [0.25, 0.3) is 0 Å². The molecule has 1 saturated carbocycles. The van der Waals surface area contributed by atoms with Crippen molar-refractivity contribution in [2.45, 2.75) is 89.9 Å². The lowest BCUT2D eigenvalue weighted by Crippen LogP contribution is -2.60. The van der Waals surface area contributed by atoms with E-state index in [0.717, 1.165) is 31.4 Å². The predicted octanol–water partition coefficient (Wildman–Crippen LogP) is 0.784. The molecule has 0 spiro atoms. The van der Waals surface area contributed by atoms with Crippen LogP contribution in [0.2, 0.25) is 0 Å². The summed E-state index contributed by atoms with van der Waals surface area (Å²) < 4.78 is 12.0. The number of rotatable bonds is 33. The SMILES string of the molecule is CC(=O)N[C@@H](CCCNC(=N)N)C(=O)N[C@H](C(=O)N[C@@H](CO)C(=O)N[C@@H](Cc1ccccc1)C(=O)NCCOCC(=O)NCCOc1ccc(Nc2ncc(Br)c(NCCCN(C)C(=O)C3CCC3)n2)cc1)C(C)C. The highest BCUT2D eigenvalue weighted by Crippen LogP contribution is 2.28. The number of hydrogen-bond acceptors (Lipinski definition) is 15. The molecule has 13 N–H and O–H groups in total. The molecule has 0 radical (unpaired) electrons. The molecule has 0 aliphatic heterocycles. The first-order valence-corrected chi connectivity index (χ1v) is 25.8. The number of guanidine groups is 1. The van der Waals surface area contributed by atoms with E-state index in [0.29, 0.717) is 47.1 Å². The molecule has 25 heteroatoms. The first-order valence-electron chi connectivity index (χ1n) is 25.0. The summed E-state index contributed by atoms with van der Waals surface area (Å²) in [6, 6.07) is 11.2. The highest BCUT2D eigenvalue weighted by Gasteiger charge is 2.33. The molecule has 1 aliphatic carbocycles. The van der Waals surface area contributed by atoms with Crippen LogP contribution in [0.3, 0.4) is 0 Å². The van der Waals surface area contributed by atoms with E-state index in [4.69, 9.17) is 20.6 Å². The number of anilines is 3. The van der Waals surface area contributed by atoms with Crippen LogP contribution in [-0.4, -0.2) is 158 Å². The molecule has 1 fully saturated rings. The first-order chi connectivity index (χ1) is 35.9. The van der Waals surface area contributed by atoms with Crippen molar-refractivity contribution in [2.24, 2.45) is 17.6 Å². The van der Waals surface area contributed by atoms with E-state index >= 15 is 0 Å². The number of aromatic nitrogens is 2. The Bertz CT molecular complexity index is 2350. The number of benzene rings is 2. The molecular formula is C50H73BrN14O10. The number of nitrogens with zero attached hydrogens (tertiary/aromatic N) is 3. The lowest BCUT2D eigenvalue weighted by atomic mass is 9.84. The smallest absolute Gasteiger partial charge is 0.246 e. The number of nitrogens with one attached hydrogen (secondary N) is 10. The summed E-state index contributed by atoms with van der Waals surface area (Å²) in [6.07, 6.45) is 6.09. The maximum atomic E-state index is 13.5. The van der Waals surface area contributed by atoms with Crippen molar-refractivity contribution >= 4 is 80.7 Å². The number of halogens is 1. The van der Waals surface area contributed by atoms with Crippen LogP contribution in [0.15, 0.2) is 65.3 Å². The summed E-state index contributed by atoms with van der Waals surface area (Å²) >= 11 is 3.49. The van der Waals surface area contributed by atoms with Gasteiger partial charge < -0.3 is 73.1 Å². The van der Waals surface area contributed by atoms with Crippen molar-refractivity contribution in [3.05, 3.63) is 70.8 Å².